The molecule has 7 heteroatoms. The zero-order valence-electron chi connectivity index (χ0n) is 15.5. The predicted molar refractivity (Wildman–Crippen MR) is 97.9 cm³/mol. The van der Waals surface area contributed by atoms with Gasteiger partial charge < -0.3 is 9.87 Å². The number of nitrogens with one attached hydrogen (secondary N) is 1. The first-order valence-electron chi connectivity index (χ1n) is 9.15. The van der Waals surface area contributed by atoms with E-state index >= 15 is 0 Å². The molecule has 1 aliphatic rings. The quantitative estimate of drug-likeness (QED) is 0.353. The smallest absolute Gasteiger partial charge is 0.731 e. The van der Waals surface area contributed by atoms with Crippen LogP contribution in [0.15, 0.2) is 24.3 Å². The third-order valence-corrected chi connectivity index (χ3v) is 5.50. The zero-order valence-corrected chi connectivity index (χ0v) is 19.5. The van der Waals surface area contributed by atoms with Gasteiger partial charge in [0.25, 0.3) is 0 Å². The third kappa shape index (κ3) is 7.48. The molecule has 0 saturated heterocycles. The van der Waals surface area contributed by atoms with Crippen LogP contribution >= 0.6 is 0 Å². The number of unbranched alkanes of at least 4 members (excludes halogenated alkanes) is 8. The van der Waals surface area contributed by atoms with Crippen LogP contribution in [0.2, 0.25) is 0 Å². The molecule has 25 heavy (non-hydrogen) atoms. The fourth-order valence-corrected chi connectivity index (χ4v) is 4.18. The van der Waals surface area contributed by atoms with E-state index in [1.54, 1.807) is 12.1 Å². The van der Waals surface area contributed by atoms with Crippen LogP contribution in [-0.2, 0) is 10.3 Å². The Morgan fingerprint density at radius 1 is 1.00 bits per heavy atom. The summed E-state index contributed by atoms with van der Waals surface area (Å²) in [6, 6.07) is 7.07. The summed E-state index contributed by atoms with van der Waals surface area (Å²) in [4.78, 5) is 0. The number of hydrogen-bond acceptors (Lipinski definition) is 4. The van der Waals surface area contributed by atoms with Gasteiger partial charge in [-0.1, -0.05) is 70.4 Å². The van der Waals surface area contributed by atoms with Gasteiger partial charge in [-0.15, -0.1) is 0 Å². The average Bonchev–Trinajstić information content (AvgIpc) is 2.91. The van der Waals surface area contributed by atoms with E-state index in [4.69, 9.17) is 0 Å². The van der Waals surface area contributed by atoms with E-state index in [1.807, 2.05) is 12.1 Å². The van der Waals surface area contributed by atoms with E-state index in [1.165, 1.54) is 44.9 Å². The molecule has 0 fully saturated rings. The number of rotatable bonds is 11. The van der Waals surface area contributed by atoms with Gasteiger partial charge in [-0.25, -0.2) is 8.42 Å². The van der Waals surface area contributed by atoms with Crippen LogP contribution in [0.3, 0.4) is 0 Å². The predicted octanol–water partition coefficient (Wildman–Crippen LogP) is 1.63. The largest absolute Gasteiger partial charge is 1.00 e. The molecule has 1 unspecified atom stereocenters. The van der Waals surface area contributed by atoms with E-state index in [0.29, 0.717) is 12.1 Å². The second kappa shape index (κ2) is 11.9. The number of nitrogens with zero attached hydrogens (tertiary/aromatic N) is 1. The summed E-state index contributed by atoms with van der Waals surface area (Å²) in [7, 11) is -4.50. The molecule has 1 aromatic carbocycles. The third-order valence-electron chi connectivity index (χ3n) is 4.57. The molecular weight excluding hydrogens is 363 g/mol. The van der Waals surface area contributed by atoms with Crippen LogP contribution in [0, 0.1) is 0 Å². The molecule has 0 spiro atoms. The zero-order chi connectivity index (χ0) is 17.4. The van der Waals surface area contributed by atoms with Crippen molar-refractivity contribution in [2.75, 3.05) is 9.62 Å². The molecule has 1 aliphatic heterocycles. The topological polar surface area (TPSA) is 72.5 Å². The molecule has 5 nitrogen and oxygen atoms in total. The summed E-state index contributed by atoms with van der Waals surface area (Å²) >= 11 is 0. The molecule has 0 radical (unpaired) electrons. The van der Waals surface area contributed by atoms with Crippen LogP contribution in [0.1, 0.15) is 71.1 Å². The Bertz CT molecular complexity index is 610. The number of fused-ring (bicyclic) bond motifs is 1. The Kier molecular flexibility index (Phi) is 11.2. The van der Waals surface area contributed by atoms with Gasteiger partial charge in [0.1, 0.15) is 6.17 Å². The van der Waals surface area contributed by atoms with Crippen LogP contribution in [0.4, 0.5) is 11.4 Å². The molecule has 0 aromatic heterocycles. The summed E-state index contributed by atoms with van der Waals surface area (Å²) in [5.74, 6) is 0. The Labute approximate surface area is 195 Å². The van der Waals surface area contributed by atoms with Crippen molar-refractivity contribution in [2.24, 2.45) is 0 Å². The van der Waals surface area contributed by atoms with Crippen molar-refractivity contribution in [1.82, 2.24) is 0 Å². The number of benzene rings is 1. The molecule has 0 saturated carbocycles. The van der Waals surface area contributed by atoms with Crippen molar-refractivity contribution in [3.05, 3.63) is 24.3 Å². The number of para-hydroxylation sites is 2. The molecule has 0 bridgehead atoms. The van der Waals surface area contributed by atoms with Gasteiger partial charge in [-0.2, -0.15) is 0 Å². The van der Waals surface area contributed by atoms with E-state index < -0.39 is 16.5 Å². The molecule has 0 aliphatic carbocycles. The van der Waals surface area contributed by atoms with Gasteiger partial charge in [0.05, 0.1) is 11.4 Å². The summed E-state index contributed by atoms with van der Waals surface area (Å²) in [5.41, 5.74) is 1.19. The molecule has 136 valence electrons. The van der Waals surface area contributed by atoms with E-state index in [-0.39, 0.29) is 51.4 Å². The monoisotopic (exact) mass is 392 g/mol. The maximum Gasteiger partial charge on any atom is 1.00 e. The molecule has 1 heterocycles. The van der Waals surface area contributed by atoms with Gasteiger partial charge in [0, 0.05) is 0 Å². The minimum atomic E-state index is -4.50. The van der Waals surface area contributed by atoms with Crippen LogP contribution in [0.25, 0.3) is 0 Å². The van der Waals surface area contributed by atoms with Crippen molar-refractivity contribution in [3.8, 4) is 0 Å². The fourth-order valence-electron chi connectivity index (χ4n) is 3.31. The minimum absolute atomic E-state index is 0. The maximum absolute atomic E-state index is 11.6. The molecule has 1 N–H and O–H groups in total. The van der Waals surface area contributed by atoms with Crippen molar-refractivity contribution < 1.29 is 64.4 Å². The van der Waals surface area contributed by atoms with Gasteiger partial charge >= 0.3 is 51.4 Å². The number of anilines is 2. The Balaban J connectivity index is 0.00000312. The van der Waals surface area contributed by atoms with Crippen LogP contribution < -0.4 is 61.0 Å². The van der Waals surface area contributed by atoms with E-state index in [2.05, 4.69) is 12.2 Å². The van der Waals surface area contributed by atoms with Gasteiger partial charge in [0.15, 0.2) is 10.3 Å². The number of hydrogen-bond donors (Lipinski definition) is 1. The van der Waals surface area contributed by atoms with Crippen molar-refractivity contribution in [3.63, 3.8) is 0 Å². The SMILES string of the molecule is CCCCCCCCCCCC1Nc2ccccc2N1S(=O)(=O)[O-].[K+]. The van der Waals surface area contributed by atoms with Gasteiger partial charge in [-0.3, -0.25) is 4.31 Å². The average molecular weight is 393 g/mol. The summed E-state index contributed by atoms with van der Waals surface area (Å²) in [5, 5.41) is 3.16. The second-order valence-electron chi connectivity index (χ2n) is 6.55. The van der Waals surface area contributed by atoms with E-state index in [0.717, 1.165) is 22.8 Å². The van der Waals surface area contributed by atoms with E-state index in [9.17, 15) is 13.0 Å². The summed E-state index contributed by atoms with van der Waals surface area (Å²) < 4.78 is 35.8. The first-order valence-corrected chi connectivity index (χ1v) is 10.5. The standard InChI is InChI=1S/C18H30N2O3S.K/c1-2-3-4-5-6-7-8-9-10-15-18-19-16-13-11-12-14-17(16)20(18)24(21,22)23;/h11-14,18-19H,2-10,15H2,1H3,(H,21,22,23);/q;+1/p-1. The van der Waals surface area contributed by atoms with Crippen LogP contribution in [0.5, 0.6) is 0 Å². The maximum atomic E-state index is 11.6. The van der Waals surface area contributed by atoms with Crippen LogP contribution in [-0.4, -0.2) is 19.1 Å². The fraction of sp³-hybridized carbons (Fsp3) is 0.667. The molecule has 2 rings (SSSR count). The Morgan fingerprint density at radius 2 is 1.56 bits per heavy atom. The summed E-state index contributed by atoms with van der Waals surface area (Å²) in [6.45, 7) is 2.22. The van der Waals surface area contributed by atoms with Crippen molar-refractivity contribution in [2.45, 2.75) is 77.3 Å². The van der Waals surface area contributed by atoms with Crippen molar-refractivity contribution >= 4 is 21.7 Å². The molecule has 1 atom stereocenters. The van der Waals surface area contributed by atoms with Crippen molar-refractivity contribution in [1.29, 1.82) is 0 Å². The first-order chi connectivity index (χ1) is 11.5. The summed E-state index contributed by atoms with van der Waals surface area (Å²) in [6.07, 6.45) is 11.2. The Hall–Kier alpha value is 0.366. The first kappa shape index (κ1) is 23.4. The minimum Gasteiger partial charge on any atom is -0.731 e. The molecule has 1 aromatic rings. The molecular formula is C18H29KN2O3S. The van der Waals surface area contributed by atoms with Gasteiger partial charge in [0.2, 0.25) is 0 Å². The second-order valence-corrected chi connectivity index (χ2v) is 7.80. The Morgan fingerprint density at radius 3 is 2.16 bits per heavy atom. The normalized spacial score (nSPS) is 16.2. The molecule has 0 amide bonds. The van der Waals surface area contributed by atoms with Gasteiger partial charge in [-0.05, 0) is 25.0 Å².